The van der Waals surface area contributed by atoms with Gasteiger partial charge in [-0.2, -0.15) is 5.90 Å². The average molecular weight is 612 g/mol. The Morgan fingerprint density at radius 1 is 0.864 bits per heavy atom. The van der Waals surface area contributed by atoms with Gasteiger partial charge in [0.25, 0.3) is 5.95 Å². The monoisotopic (exact) mass is 612 g/mol. The van der Waals surface area contributed by atoms with Gasteiger partial charge in [0.05, 0.1) is 5.92 Å². The molecule has 5 rings (SSSR count). The summed E-state index contributed by atoms with van der Waals surface area (Å²) in [5.74, 6) is 10.2. The Kier molecular flexibility index (Phi) is 10.3. The van der Waals surface area contributed by atoms with Crippen LogP contribution < -0.4 is 5.90 Å². The van der Waals surface area contributed by atoms with E-state index in [1.807, 2.05) is 6.92 Å². The molecule has 4 nitrogen and oxygen atoms in total. The van der Waals surface area contributed by atoms with Crippen LogP contribution in [-0.4, -0.2) is 12.4 Å². The molecule has 252 valence electrons. The van der Waals surface area contributed by atoms with Crippen molar-refractivity contribution in [1.29, 1.82) is 0 Å². The molecule has 0 bridgehead atoms. The van der Waals surface area contributed by atoms with Crippen LogP contribution in [0.4, 0.5) is 0 Å². The first kappa shape index (κ1) is 35.6. The van der Waals surface area contributed by atoms with Gasteiger partial charge >= 0.3 is 0 Å². The van der Waals surface area contributed by atoms with Gasteiger partial charge in [0.1, 0.15) is 12.4 Å². The third-order valence-corrected chi connectivity index (χ3v) is 16.1. The highest BCUT2D eigenvalue weighted by atomic mass is 16.7. The highest BCUT2D eigenvalue weighted by Crippen LogP contribution is 2.78. The molecule has 5 saturated carbocycles. The second-order valence-electron chi connectivity index (χ2n) is 17.7. The van der Waals surface area contributed by atoms with E-state index in [9.17, 15) is 4.79 Å². The molecule has 0 aliphatic heterocycles. The number of nitrogens with two attached hydrogens (primary N) is 1. The van der Waals surface area contributed by atoms with Gasteiger partial charge in [0.15, 0.2) is 0 Å². The molecule has 0 aromatic carbocycles. The Balaban J connectivity index is 0.000000314. The summed E-state index contributed by atoms with van der Waals surface area (Å²) in [6.45, 7) is 32.7. The molecule has 2 N–H and O–H groups in total. The summed E-state index contributed by atoms with van der Waals surface area (Å²) in [6.07, 6.45) is 17.0. The lowest BCUT2D eigenvalue weighted by atomic mass is 9.32. The molecule has 0 aromatic heterocycles. The minimum absolute atomic E-state index is 0.0368. The van der Waals surface area contributed by atoms with Crippen molar-refractivity contribution in [2.45, 2.75) is 146 Å². The van der Waals surface area contributed by atoms with Crippen LogP contribution >= 0.6 is 0 Å². The van der Waals surface area contributed by atoms with Gasteiger partial charge in [-0.15, -0.1) is 0 Å². The fourth-order valence-electron chi connectivity index (χ4n) is 12.8. The predicted molar refractivity (Wildman–Crippen MR) is 183 cm³/mol. The summed E-state index contributed by atoms with van der Waals surface area (Å²) < 4.78 is 4.94. The van der Waals surface area contributed by atoms with Crippen LogP contribution in [0.2, 0.25) is 0 Å². The van der Waals surface area contributed by atoms with E-state index < -0.39 is 0 Å². The van der Waals surface area contributed by atoms with E-state index in [1.54, 1.807) is 0 Å². The second kappa shape index (κ2) is 12.7. The molecule has 0 aromatic rings. The van der Waals surface area contributed by atoms with Gasteiger partial charge in [-0.05, 0) is 154 Å². The van der Waals surface area contributed by atoms with Crippen molar-refractivity contribution in [1.82, 2.24) is 0 Å². The molecule has 0 heterocycles. The van der Waals surface area contributed by atoms with Crippen molar-refractivity contribution < 1.29 is 14.4 Å². The Bertz CT molecular complexity index is 1080. The van der Waals surface area contributed by atoms with E-state index in [-0.39, 0.29) is 24.3 Å². The van der Waals surface area contributed by atoms with Crippen LogP contribution in [0.5, 0.6) is 0 Å². The molecule has 5 aliphatic rings. The van der Waals surface area contributed by atoms with Crippen LogP contribution in [0.25, 0.3) is 0 Å². The molecule has 44 heavy (non-hydrogen) atoms. The van der Waals surface area contributed by atoms with Crippen molar-refractivity contribution in [2.75, 3.05) is 6.61 Å². The van der Waals surface area contributed by atoms with Gasteiger partial charge in [-0.25, -0.2) is 0 Å². The fraction of sp³-hybridized carbons (Fsp3) is 0.875. The number of hydrogen-bond donors (Lipinski definition) is 1. The molecule has 5 aliphatic carbocycles. The predicted octanol–water partition coefficient (Wildman–Crippen LogP) is 10.7. The molecule has 0 saturated heterocycles. The number of ketones is 1. The average Bonchev–Trinajstić information content (AvgIpc) is 3.36. The van der Waals surface area contributed by atoms with Gasteiger partial charge in [-0.1, -0.05) is 74.0 Å². The van der Waals surface area contributed by atoms with Crippen LogP contribution in [0.3, 0.4) is 0 Å². The third kappa shape index (κ3) is 5.53. The Hall–Kier alpha value is -1.29. The normalized spacial score (nSPS) is 44.3. The van der Waals surface area contributed by atoms with E-state index in [0.717, 1.165) is 41.9 Å². The molecule has 0 amide bonds. The minimum atomic E-state index is -0.100. The van der Waals surface area contributed by atoms with Crippen LogP contribution in [-0.2, 0) is 14.4 Å². The fourth-order valence-corrected chi connectivity index (χ4v) is 12.8. The number of carbonyl (C=O) groups is 1. The highest BCUT2D eigenvalue weighted by Gasteiger charge is 2.70. The van der Waals surface area contributed by atoms with Crippen molar-refractivity contribution in [2.24, 2.45) is 74.4 Å². The summed E-state index contributed by atoms with van der Waals surface area (Å²) in [5, 5.41) is 0. The topological polar surface area (TPSA) is 61.6 Å². The zero-order chi connectivity index (χ0) is 32.9. The Labute approximate surface area is 271 Å². The van der Waals surface area contributed by atoms with Gasteiger partial charge in [-0.3, -0.25) is 4.79 Å². The standard InChI is InChI=1S/C32H54.C8H15NO3/c1-10-32-18-14-23(21(2)3)27(32)24-11-12-26-29(7)16-13-22(4)28(5,6)25(29)15-17-31(26,9)30(24,8)19-20-32;1-4-8(6(2)10)5-11-7(3)12-9/h22-27H,2,10-20H2,1,3-9H3;8H,3-5,9H2,1-2H3. The minimum Gasteiger partial charge on any atom is -0.464 e. The quantitative estimate of drug-likeness (QED) is 0.168. The van der Waals surface area contributed by atoms with E-state index in [1.165, 1.54) is 83.1 Å². The molecular weight excluding hydrogens is 542 g/mol. The maximum absolute atomic E-state index is 10.9. The zero-order valence-electron chi connectivity index (χ0n) is 30.5. The van der Waals surface area contributed by atoms with E-state index in [0.29, 0.717) is 27.1 Å². The first-order valence-corrected chi connectivity index (χ1v) is 18.3. The molecule has 0 radical (unpaired) electrons. The summed E-state index contributed by atoms with van der Waals surface area (Å²) in [4.78, 5) is 15.1. The van der Waals surface area contributed by atoms with E-state index in [4.69, 9.17) is 10.6 Å². The number of hydrogen-bond acceptors (Lipinski definition) is 4. The molecule has 11 unspecified atom stereocenters. The maximum Gasteiger partial charge on any atom is 0.291 e. The van der Waals surface area contributed by atoms with Crippen molar-refractivity contribution in [3.05, 3.63) is 24.7 Å². The molecule has 11 atom stereocenters. The van der Waals surface area contributed by atoms with Gasteiger partial charge in [0.2, 0.25) is 0 Å². The maximum atomic E-state index is 10.9. The lowest BCUT2D eigenvalue weighted by Crippen LogP contribution is -2.66. The SMILES string of the molecule is C=C(C)C1CCC2(CC)CCC3(C)C(CCC4C5(C)CCC(C)C(C)(C)C5CCC43C)C12.C=C(ON)OCC(CC)C(C)=O. The second-order valence-corrected chi connectivity index (χ2v) is 17.7. The first-order valence-electron chi connectivity index (χ1n) is 18.3. The van der Waals surface area contributed by atoms with E-state index >= 15 is 0 Å². The molecular formula is C40H69NO3. The summed E-state index contributed by atoms with van der Waals surface area (Å²) >= 11 is 0. The highest BCUT2D eigenvalue weighted by molar-refractivity contribution is 5.78. The molecule has 0 spiro atoms. The van der Waals surface area contributed by atoms with E-state index in [2.05, 4.69) is 73.4 Å². The number of fused-ring (bicyclic) bond motifs is 7. The molecule has 5 fully saturated rings. The largest absolute Gasteiger partial charge is 0.464 e. The number of rotatable bonds is 8. The van der Waals surface area contributed by atoms with Crippen molar-refractivity contribution in [3.63, 3.8) is 0 Å². The van der Waals surface area contributed by atoms with Crippen LogP contribution in [0.1, 0.15) is 146 Å². The summed E-state index contributed by atoms with van der Waals surface area (Å²) in [5.41, 5.74) is 4.24. The summed E-state index contributed by atoms with van der Waals surface area (Å²) in [7, 11) is 0. The van der Waals surface area contributed by atoms with Gasteiger partial charge < -0.3 is 9.57 Å². The van der Waals surface area contributed by atoms with Crippen LogP contribution in [0, 0.1) is 68.5 Å². The Morgan fingerprint density at radius 3 is 2.11 bits per heavy atom. The van der Waals surface area contributed by atoms with Crippen LogP contribution in [0.15, 0.2) is 24.7 Å². The Morgan fingerprint density at radius 2 is 1.55 bits per heavy atom. The lowest BCUT2D eigenvalue weighted by Gasteiger charge is -2.73. The summed E-state index contributed by atoms with van der Waals surface area (Å²) in [6, 6.07) is 0. The van der Waals surface area contributed by atoms with Crippen molar-refractivity contribution >= 4 is 5.78 Å². The third-order valence-electron chi connectivity index (χ3n) is 16.1. The number of allylic oxidation sites excluding steroid dienone is 1. The number of ether oxygens (including phenoxy) is 1. The molecule has 4 heteroatoms. The van der Waals surface area contributed by atoms with Gasteiger partial charge in [0, 0.05) is 0 Å². The smallest absolute Gasteiger partial charge is 0.291 e. The number of Topliss-reactive ketones (excluding diaryl/α,β-unsaturated/α-hetero) is 1. The lowest BCUT2D eigenvalue weighted by molar-refractivity contribution is -0.242. The number of carbonyl (C=O) groups excluding carboxylic acids is 1. The van der Waals surface area contributed by atoms with Crippen molar-refractivity contribution in [3.8, 4) is 0 Å². The zero-order valence-corrected chi connectivity index (χ0v) is 30.5. The first-order chi connectivity index (χ1) is 20.5.